The van der Waals surface area contributed by atoms with E-state index in [-0.39, 0.29) is 0 Å². The van der Waals surface area contributed by atoms with Crippen molar-refractivity contribution in [1.82, 2.24) is 9.97 Å². The molecule has 0 spiro atoms. The van der Waals surface area contributed by atoms with Gasteiger partial charge in [0.1, 0.15) is 5.82 Å². The maximum absolute atomic E-state index is 6.04. The average Bonchev–Trinajstić information content (AvgIpc) is 2.47. The Hall–Kier alpha value is -1.61. The molecule has 0 aliphatic carbocycles. The van der Waals surface area contributed by atoms with Crippen LogP contribution in [0.5, 0.6) is 0 Å². The molecule has 0 N–H and O–H groups in total. The van der Waals surface area contributed by atoms with Gasteiger partial charge < -0.3 is 4.90 Å². The Morgan fingerprint density at radius 2 is 1.90 bits per heavy atom. The summed E-state index contributed by atoms with van der Waals surface area (Å²) < 4.78 is 0. The van der Waals surface area contributed by atoms with E-state index in [1.165, 1.54) is 5.56 Å². The Bertz CT molecular complexity index is 555. The number of anilines is 1. The molecule has 0 unspecified atom stereocenters. The highest BCUT2D eigenvalue weighted by Crippen LogP contribution is 2.22. The third-order valence-corrected chi connectivity index (χ3v) is 3.43. The smallest absolute Gasteiger partial charge is 0.131 e. The normalized spacial score (nSPS) is 10.8. The highest BCUT2D eigenvalue weighted by molar-refractivity contribution is 6.17. The number of hydrogen-bond acceptors (Lipinski definition) is 3. The second kappa shape index (κ2) is 6.71. The SMILES string of the molecule is CC(C)c1ncc(N(C)Cc2ccccc2)c(CCl)n1. The van der Waals surface area contributed by atoms with Crippen molar-refractivity contribution in [2.45, 2.75) is 32.2 Å². The Balaban J connectivity index is 2.23. The summed E-state index contributed by atoms with van der Waals surface area (Å²) in [4.78, 5) is 11.1. The summed E-state index contributed by atoms with van der Waals surface area (Å²) in [7, 11) is 2.04. The molecule has 0 amide bonds. The molecule has 1 aromatic carbocycles. The van der Waals surface area contributed by atoms with Crippen LogP contribution in [-0.4, -0.2) is 17.0 Å². The molecule has 2 rings (SSSR count). The number of hydrogen-bond donors (Lipinski definition) is 0. The van der Waals surface area contributed by atoms with Gasteiger partial charge in [-0.25, -0.2) is 9.97 Å². The van der Waals surface area contributed by atoms with Gasteiger partial charge in [0.15, 0.2) is 0 Å². The zero-order valence-corrected chi connectivity index (χ0v) is 12.9. The van der Waals surface area contributed by atoms with E-state index in [0.717, 1.165) is 23.8 Å². The summed E-state index contributed by atoms with van der Waals surface area (Å²) in [6, 6.07) is 10.3. The van der Waals surface area contributed by atoms with E-state index in [1.54, 1.807) is 0 Å². The molecule has 4 heteroatoms. The third kappa shape index (κ3) is 3.48. The van der Waals surface area contributed by atoms with Gasteiger partial charge in [0.25, 0.3) is 0 Å². The van der Waals surface area contributed by atoms with E-state index < -0.39 is 0 Å². The summed E-state index contributed by atoms with van der Waals surface area (Å²) in [6.07, 6.45) is 1.88. The molecular formula is C16H20ClN3. The van der Waals surface area contributed by atoms with E-state index in [0.29, 0.717) is 11.8 Å². The molecule has 106 valence electrons. The van der Waals surface area contributed by atoms with Crippen molar-refractivity contribution in [1.29, 1.82) is 0 Å². The molecule has 0 radical (unpaired) electrons. The lowest BCUT2D eigenvalue weighted by Gasteiger charge is -2.21. The van der Waals surface area contributed by atoms with Gasteiger partial charge in [-0.3, -0.25) is 0 Å². The Morgan fingerprint density at radius 3 is 2.50 bits per heavy atom. The number of alkyl halides is 1. The van der Waals surface area contributed by atoms with Crippen LogP contribution in [0.3, 0.4) is 0 Å². The second-order valence-electron chi connectivity index (χ2n) is 5.19. The van der Waals surface area contributed by atoms with E-state index in [4.69, 9.17) is 11.6 Å². The monoisotopic (exact) mass is 289 g/mol. The molecule has 0 fully saturated rings. The summed E-state index contributed by atoms with van der Waals surface area (Å²) in [6.45, 7) is 4.98. The van der Waals surface area contributed by atoms with Crippen LogP contribution < -0.4 is 4.90 Å². The minimum absolute atomic E-state index is 0.311. The van der Waals surface area contributed by atoms with Gasteiger partial charge in [0.2, 0.25) is 0 Å². The van der Waals surface area contributed by atoms with Gasteiger partial charge in [0, 0.05) is 19.5 Å². The highest BCUT2D eigenvalue weighted by atomic mass is 35.5. The van der Waals surface area contributed by atoms with Gasteiger partial charge in [-0.15, -0.1) is 11.6 Å². The fourth-order valence-corrected chi connectivity index (χ4v) is 2.26. The predicted octanol–water partition coefficient (Wildman–Crippen LogP) is 3.98. The summed E-state index contributed by atoms with van der Waals surface area (Å²) >= 11 is 6.04. The molecule has 0 aliphatic rings. The van der Waals surface area contributed by atoms with Gasteiger partial charge in [0.05, 0.1) is 23.5 Å². The van der Waals surface area contributed by atoms with E-state index in [9.17, 15) is 0 Å². The lowest BCUT2D eigenvalue weighted by molar-refractivity contribution is 0.758. The second-order valence-corrected chi connectivity index (χ2v) is 5.46. The summed E-state index contributed by atoms with van der Waals surface area (Å²) in [5.41, 5.74) is 3.14. The van der Waals surface area contributed by atoms with Crippen molar-refractivity contribution in [3.05, 3.63) is 53.6 Å². The highest BCUT2D eigenvalue weighted by Gasteiger charge is 2.12. The van der Waals surface area contributed by atoms with Crippen molar-refractivity contribution < 1.29 is 0 Å². The number of halogens is 1. The van der Waals surface area contributed by atoms with E-state index >= 15 is 0 Å². The number of benzene rings is 1. The van der Waals surface area contributed by atoms with Gasteiger partial charge in [-0.1, -0.05) is 44.2 Å². The van der Waals surface area contributed by atoms with Crippen molar-refractivity contribution >= 4 is 17.3 Å². The van der Waals surface area contributed by atoms with Crippen molar-refractivity contribution in [2.75, 3.05) is 11.9 Å². The molecule has 0 saturated carbocycles. The number of nitrogens with zero attached hydrogens (tertiary/aromatic N) is 3. The first-order valence-corrected chi connectivity index (χ1v) is 7.32. The fraction of sp³-hybridized carbons (Fsp3) is 0.375. The molecule has 3 nitrogen and oxygen atoms in total. The molecule has 2 aromatic rings. The Kier molecular flexibility index (Phi) is 4.96. The van der Waals surface area contributed by atoms with Crippen LogP contribution in [0.15, 0.2) is 36.5 Å². The largest absolute Gasteiger partial charge is 0.368 e. The maximum atomic E-state index is 6.04. The molecule has 0 aliphatic heterocycles. The summed E-state index contributed by atoms with van der Waals surface area (Å²) in [5.74, 6) is 1.56. The van der Waals surface area contributed by atoms with Crippen molar-refractivity contribution in [2.24, 2.45) is 0 Å². The van der Waals surface area contributed by atoms with E-state index in [2.05, 4.69) is 40.8 Å². The quantitative estimate of drug-likeness (QED) is 0.780. The van der Waals surface area contributed by atoms with Crippen LogP contribution in [0.1, 0.15) is 36.8 Å². The first-order valence-electron chi connectivity index (χ1n) is 6.78. The van der Waals surface area contributed by atoms with Crippen LogP contribution >= 0.6 is 11.6 Å². The topological polar surface area (TPSA) is 29.0 Å². The predicted molar refractivity (Wildman–Crippen MR) is 84.2 cm³/mol. The van der Waals surface area contributed by atoms with Crippen LogP contribution in [0, 0.1) is 0 Å². The lowest BCUT2D eigenvalue weighted by atomic mass is 10.2. The molecule has 0 atom stereocenters. The van der Waals surface area contributed by atoms with Crippen LogP contribution in [0.4, 0.5) is 5.69 Å². The van der Waals surface area contributed by atoms with Gasteiger partial charge in [-0.05, 0) is 5.56 Å². The van der Waals surface area contributed by atoms with Gasteiger partial charge >= 0.3 is 0 Å². The zero-order valence-electron chi connectivity index (χ0n) is 12.2. The molecule has 0 bridgehead atoms. The van der Waals surface area contributed by atoms with Crippen LogP contribution in [0.25, 0.3) is 0 Å². The minimum Gasteiger partial charge on any atom is -0.368 e. The van der Waals surface area contributed by atoms with Crippen molar-refractivity contribution in [3.8, 4) is 0 Å². The first-order chi connectivity index (χ1) is 9.61. The standard InChI is InChI=1S/C16H20ClN3/c1-12(2)16-18-10-15(14(9-17)19-16)20(3)11-13-7-5-4-6-8-13/h4-8,10,12H,9,11H2,1-3H3. The number of aromatic nitrogens is 2. The molecular weight excluding hydrogens is 270 g/mol. The molecule has 0 saturated heterocycles. The molecule has 1 heterocycles. The van der Waals surface area contributed by atoms with E-state index in [1.807, 2.05) is 31.4 Å². The lowest BCUT2D eigenvalue weighted by Crippen LogP contribution is -2.19. The minimum atomic E-state index is 0.311. The van der Waals surface area contributed by atoms with Crippen LogP contribution in [0.2, 0.25) is 0 Å². The Morgan fingerprint density at radius 1 is 1.20 bits per heavy atom. The average molecular weight is 290 g/mol. The first kappa shape index (κ1) is 14.8. The zero-order chi connectivity index (χ0) is 14.5. The van der Waals surface area contributed by atoms with Crippen LogP contribution in [-0.2, 0) is 12.4 Å². The van der Waals surface area contributed by atoms with Crippen molar-refractivity contribution in [3.63, 3.8) is 0 Å². The summed E-state index contributed by atoms with van der Waals surface area (Å²) in [5, 5.41) is 0. The maximum Gasteiger partial charge on any atom is 0.131 e. The molecule has 1 aromatic heterocycles. The third-order valence-electron chi connectivity index (χ3n) is 3.18. The van der Waals surface area contributed by atoms with Gasteiger partial charge in [-0.2, -0.15) is 0 Å². The molecule has 20 heavy (non-hydrogen) atoms. The fourth-order valence-electron chi connectivity index (χ4n) is 2.06. The Labute approximate surface area is 125 Å². The number of rotatable bonds is 5.